The molecule has 0 aliphatic heterocycles. The van der Waals surface area contributed by atoms with Gasteiger partial charge in [-0.2, -0.15) is 0 Å². The van der Waals surface area contributed by atoms with Crippen LogP contribution in [0.25, 0.3) is 0 Å². The van der Waals surface area contributed by atoms with Crippen LogP contribution < -0.4 is 9.62 Å². The number of nitrogens with zero attached hydrogens (tertiary/aromatic N) is 2. The SMILES string of the molecule is CCC(C)NC(=O)C(Cc1ccccc1)N(Cc1cccc(Cl)c1)C(=O)CN(c1ccc(F)cc1)S(=O)(=O)c1ccc(C)cc1. The number of amides is 2. The van der Waals surface area contributed by atoms with E-state index in [1.54, 1.807) is 36.4 Å². The third-order valence-electron chi connectivity index (χ3n) is 7.52. The van der Waals surface area contributed by atoms with Gasteiger partial charge in [0.15, 0.2) is 0 Å². The van der Waals surface area contributed by atoms with Crippen molar-refractivity contribution in [3.63, 3.8) is 0 Å². The Labute approximate surface area is 269 Å². The lowest BCUT2D eigenvalue weighted by atomic mass is 10.0. The van der Waals surface area contributed by atoms with E-state index in [2.05, 4.69) is 5.32 Å². The maximum atomic E-state index is 14.4. The van der Waals surface area contributed by atoms with Crippen LogP contribution in [0.2, 0.25) is 5.02 Å². The van der Waals surface area contributed by atoms with Crippen molar-refractivity contribution >= 4 is 39.1 Å². The number of rotatable bonds is 13. The van der Waals surface area contributed by atoms with E-state index in [4.69, 9.17) is 11.6 Å². The van der Waals surface area contributed by atoms with Gasteiger partial charge in [0, 0.05) is 24.0 Å². The molecule has 0 fully saturated rings. The average molecular weight is 650 g/mol. The molecule has 4 aromatic carbocycles. The van der Waals surface area contributed by atoms with Gasteiger partial charge in [-0.05, 0) is 79.9 Å². The molecule has 0 radical (unpaired) electrons. The number of nitrogens with one attached hydrogen (secondary N) is 1. The van der Waals surface area contributed by atoms with Gasteiger partial charge in [-0.3, -0.25) is 13.9 Å². The van der Waals surface area contributed by atoms with Crippen LogP contribution in [-0.2, 0) is 32.6 Å². The van der Waals surface area contributed by atoms with Crippen molar-refractivity contribution in [2.45, 2.75) is 57.1 Å². The first kappa shape index (κ1) is 33.7. The summed E-state index contributed by atoms with van der Waals surface area (Å²) in [7, 11) is -4.28. The van der Waals surface area contributed by atoms with E-state index in [1.807, 2.05) is 51.1 Å². The minimum absolute atomic E-state index is 0.00729. The Hall–Kier alpha value is -4.21. The molecule has 0 heterocycles. The third-order valence-corrected chi connectivity index (χ3v) is 9.54. The maximum Gasteiger partial charge on any atom is 0.264 e. The van der Waals surface area contributed by atoms with Crippen molar-refractivity contribution in [1.29, 1.82) is 0 Å². The molecule has 10 heteroatoms. The highest BCUT2D eigenvalue weighted by molar-refractivity contribution is 7.92. The van der Waals surface area contributed by atoms with Crippen LogP contribution >= 0.6 is 11.6 Å². The predicted molar refractivity (Wildman–Crippen MR) is 176 cm³/mol. The summed E-state index contributed by atoms with van der Waals surface area (Å²) in [6.45, 7) is 5.02. The van der Waals surface area contributed by atoms with Crippen LogP contribution in [0.5, 0.6) is 0 Å². The van der Waals surface area contributed by atoms with Crippen LogP contribution in [0.1, 0.15) is 37.0 Å². The number of carbonyl (C=O) groups is 2. The molecule has 0 aromatic heterocycles. The van der Waals surface area contributed by atoms with E-state index >= 15 is 0 Å². The van der Waals surface area contributed by atoms with Crippen LogP contribution in [0.3, 0.4) is 0 Å². The van der Waals surface area contributed by atoms with Gasteiger partial charge >= 0.3 is 0 Å². The fraction of sp³-hybridized carbons (Fsp3) is 0.257. The highest BCUT2D eigenvalue weighted by Crippen LogP contribution is 2.26. The van der Waals surface area contributed by atoms with E-state index in [9.17, 15) is 22.4 Å². The van der Waals surface area contributed by atoms with Gasteiger partial charge in [-0.15, -0.1) is 0 Å². The quantitative estimate of drug-likeness (QED) is 0.178. The Balaban J connectivity index is 1.80. The molecular weight excluding hydrogens is 613 g/mol. The lowest BCUT2D eigenvalue weighted by Gasteiger charge is -2.34. The Bertz CT molecular complexity index is 1700. The van der Waals surface area contributed by atoms with Crippen molar-refractivity contribution in [3.8, 4) is 0 Å². The zero-order valence-electron chi connectivity index (χ0n) is 25.5. The summed E-state index contributed by atoms with van der Waals surface area (Å²) in [6.07, 6.45) is 0.871. The molecular formula is C35H37ClFN3O4S. The summed E-state index contributed by atoms with van der Waals surface area (Å²) in [5.41, 5.74) is 2.46. The van der Waals surface area contributed by atoms with Crippen molar-refractivity contribution in [3.05, 3.63) is 131 Å². The summed E-state index contributed by atoms with van der Waals surface area (Å²) in [5, 5.41) is 3.46. The molecule has 45 heavy (non-hydrogen) atoms. The average Bonchev–Trinajstić information content (AvgIpc) is 3.02. The summed E-state index contributed by atoms with van der Waals surface area (Å²) >= 11 is 6.28. The van der Waals surface area contributed by atoms with Crippen LogP contribution in [0.4, 0.5) is 10.1 Å². The summed E-state index contributed by atoms with van der Waals surface area (Å²) in [6, 6.07) is 26.3. The molecule has 7 nitrogen and oxygen atoms in total. The second kappa shape index (κ2) is 15.2. The molecule has 4 aromatic rings. The fourth-order valence-electron chi connectivity index (χ4n) is 4.80. The third kappa shape index (κ3) is 8.93. The van der Waals surface area contributed by atoms with Gasteiger partial charge in [0.05, 0.1) is 10.6 Å². The standard InChI is InChI=1S/C35H37ClFN3O4S/c1-4-26(3)38-35(42)33(22-27-9-6-5-7-10-27)39(23-28-11-8-12-29(36)21-28)34(41)24-40(31-17-15-30(37)16-18-31)45(43,44)32-19-13-25(2)14-20-32/h5-21,26,33H,4,22-24H2,1-3H3,(H,38,42). The van der Waals surface area contributed by atoms with Gasteiger partial charge in [0.2, 0.25) is 11.8 Å². The molecule has 4 rings (SSSR count). The molecule has 236 valence electrons. The molecule has 1 N–H and O–H groups in total. The maximum absolute atomic E-state index is 14.4. The smallest absolute Gasteiger partial charge is 0.264 e. The zero-order valence-corrected chi connectivity index (χ0v) is 27.1. The van der Waals surface area contributed by atoms with Crippen molar-refractivity contribution in [1.82, 2.24) is 10.2 Å². The topological polar surface area (TPSA) is 86.8 Å². The highest BCUT2D eigenvalue weighted by Gasteiger charge is 2.35. The Kier molecular flexibility index (Phi) is 11.4. The van der Waals surface area contributed by atoms with Gasteiger partial charge in [0.1, 0.15) is 18.4 Å². The molecule has 2 amide bonds. The number of hydrogen-bond donors (Lipinski definition) is 1. The van der Waals surface area contributed by atoms with E-state index in [0.29, 0.717) is 17.0 Å². The normalized spacial score (nSPS) is 12.6. The monoisotopic (exact) mass is 649 g/mol. The molecule has 0 saturated heterocycles. The molecule has 0 aliphatic carbocycles. The van der Waals surface area contributed by atoms with Gasteiger partial charge in [-0.25, -0.2) is 12.8 Å². The Morgan fingerprint density at radius 2 is 1.53 bits per heavy atom. The molecule has 0 aliphatic rings. The Morgan fingerprint density at radius 3 is 2.16 bits per heavy atom. The predicted octanol–water partition coefficient (Wildman–Crippen LogP) is 6.54. The van der Waals surface area contributed by atoms with Crippen molar-refractivity contribution in [2.75, 3.05) is 10.8 Å². The van der Waals surface area contributed by atoms with Gasteiger partial charge in [0.25, 0.3) is 10.0 Å². The van der Waals surface area contributed by atoms with Crippen LogP contribution in [-0.4, -0.2) is 43.8 Å². The second-order valence-electron chi connectivity index (χ2n) is 11.0. The first-order valence-electron chi connectivity index (χ1n) is 14.7. The Morgan fingerprint density at radius 1 is 0.889 bits per heavy atom. The molecule has 0 spiro atoms. The molecule has 0 bridgehead atoms. The minimum Gasteiger partial charge on any atom is -0.352 e. The number of anilines is 1. The summed E-state index contributed by atoms with van der Waals surface area (Å²) in [4.78, 5) is 29.7. The van der Waals surface area contributed by atoms with Crippen molar-refractivity contribution < 1.29 is 22.4 Å². The number of aryl methyl sites for hydroxylation is 1. The first-order chi connectivity index (χ1) is 21.5. The number of sulfonamides is 1. The van der Waals surface area contributed by atoms with Crippen LogP contribution in [0.15, 0.2) is 108 Å². The van der Waals surface area contributed by atoms with Crippen molar-refractivity contribution in [2.24, 2.45) is 0 Å². The minimum atomic E-state index is -4.28. The number of halogens is 2. The lowest BCUT2D eigenvalue weighted by molar-refractivity contribution is -0.140. The molecule has 2 unspecified atom stereocenters. The zero-order chi connectivity index (χ0) is 32.6. The molecule has 2 atom stereocenters. The molecule has 0 saturated carbocycles. The van der Waals surface area contributed by atoms with Gasteiger partial charge < -0.3 is 10.2 Å². The lowest BCUT2D eigenvalue weighted by Crippen LogP contribution is -2.54. The fourth-order valence-corrected chi connectivity index (χ4v) is 6.43. The van der Waals surface area contributed by atoms with E-state index in [0.717, 1.165) is 27.6 Å². The van der Waals surface area contributed by atoms with E-state index in [-0.39, 0.29) is 35.5 Å². The second-order valence-corrected chi connectivity index (χ2v) is 13.3. The summed E-state index contributed by atoms with van der Waals surface area (Å²) < 4.78 is 42.9. The number of carbonyl (C=O) groups excluding carboxylic acids is 2. The number of benzene rings is 4. The number of hydrogen-bond acceptors (Lipinski definition) is 4. The van der Waals surface area contributed by atoms with E-state index < -0.39 is 34.3 Å². The first-order valence-corrected chi connectivity index (χ1v) is 16.5. The van der Waals surface area contributed by atoms with Crippen LogP contribution in [0, 0.1) is 12.7 Å². The summed E-state index contributed by atoms with van der Waals surface area (Å²) in [5.74, 6) is -1.53. The van der Waals surface area contributed by atoms with Gasteiger partial charge in [-0.1, -0.05) is 78.7 Å². The highest BCUT2D eigenvalue weighted by atomic mass is 35.5. The van der Waals surface area contributed by atoms with E-state index in [1.165, 1.54) is 29.2 Å². The largest absolute Gasteiger partial charge is 0.352 e.